The summed E-state index contributed by atoms with van der Waals surface area (Å²) in [6, 6.07) is 17.3. The normalized spacial score (nSPS) is 12.9. The quantitative estimate of drug-likeness (QED) is 0.374. The first-order valence-corrected chi connectivity index (χ1v) is 12.3. The molecule has 0 saturated heterocycles. The number of rotatable bonds is 10. The summed E-state index contributed by atoms with van der Waals surface area (Å²) in [4.78, 5) is 38.7. The zero-order chi connectivity index (χ0) is 27.7. The first-order chi connectivity index (χ1) is 18.1. The smallest absolute Gasteiger partial charge is 0.408 e. The minimum Gasteiger partial charge on any atom is -0.444 e. The minimum atomic E-state index is -1.10. The zero-order valence-electron chi connectivity index (χ0n) is 22.0. The van der Waals surface area contributed by atoms with Crippen molar-refractivity contribution in [2.75, 3.05) is 13.7 Å². The van der Waals surface area contributed by atoms with Gasteiger partial charge in [-0.15, -0.1) is 0 Å². The molecule has 0 aliphatic rings. The van der Waals surface area contributed by atoms with E-state index < -0.39 is 41.4 Å². The molecule has 0 bridgehead atoms. The van der Waals surface area contributed by atoms with Gasteiger partial charge in [-0.1, -0.05) is 54.6 Å². The van der Waals surface area contributed by atoms with Gasteiger partial charge < -0.3 is 25.4 Å². The Labute approximate surface area is 221 Å². The second-order valence-corrected chi connectivity index (χ2v) is 9.90. The Morgan fingerprint density at radius 2 is 1.55 bits per heavy atom. The molecule has 3 N–H and O–H groups in total. The molecular weight excluding hydrogens is 489 g/mol. The summed E-state index contributed by atoms with van der Waals surface area (Å²) in [6.07, 6.45) is -0.676. The standard InChI is InChI=1S/C29H34FN3O5/c1-29(2,3)38-28(36)33-25(18-37-4)27(35)32-24(16-19-12-14-22(30)15-13-19)26(34)31-17-21-10-7-9-20-8-5-6-11-23(20)21/h5-15,24-25H,16-18H2,1-4H3,(H,31,34)(H,32,35)(H,33,36)/t24-,25-/m0/s1. The second kappa shape index (κ2) is 13.0. The third-order valence-corrected chi connectivity index (χ3v) is 5.66. The van der Waals surface area contributed by atoms with Gasteiger partial charge in [-0.25, -0.2) is 9.18 Å². The number of fused-ring (bicyclic) bond motifs is 1. The van der Waals surface area contributed by atoms with Crippen molar-refractivity contribution < 1.29 is 28.2 Å². The number of halogens is 1. The van der Waals surface area contributed by atoms with E-state index in [4.69, 9.17) is 9.47 Å². The molecule has 3 amide bonds. The number of hydrogen-bond acceptors (Lipinski definition) is 5. The van der Waals surface area contributed by atoms with E-state index in [0.29, 0.717) is 5.56 Å². The summed E-state index contributed by atoms with van der Waals surface area (Å²) in [5, 5.41) is 10.2. The van der Waals surface area contributed by atoms with E-state index in [1.54, 1.807) is 32.9 Å². The van der Waals surface area contributed by atoms with Gasteiger partial charge in [0.25, 0.3) is 0 Å². The molecule has 0 aliphatic heterocycles. The van der Waals surface area contributed by atoms with Crippen molar-refractivity contribution in [1.82, 2.24) is 16.0 Å². The Morgan fingerprint density at radius 3 is 2.24 bits per heavy atom. The number of alkyl carbamates (subject to hydrolysis) is 1. The van der Waals surface area contributed by atoms with Crippen LogP contribution in [0.5, 0.6) is 0 Å². The van der Waals surface area contributed by atoms with Gasteiger partial charge >= 0.3 is 6.09 Å². The molecule has 202 valence electrons. The number of amides is 3. The fourth-order valence-corrected chi connectivity index (χ4v) is 3.89. The largest absolute Gasteiger partial charge is 0.444 e. The van der Waals surface area contributed by atoms with Gasteiger partial charge in [0.2, 0.25) is 11.8 Å². The molecule has 0 spiro atoms. The van der Waals surface area contributed by atoms with Crippen LogP contribution in [-0.4, -0.2) is 49.3 Å². The Hall–Kier alpha value is -3.98. The van der Waals surface area contributed by atoms with Gasteiger partial charge in [-0.2, -0.15) is 0 Å². The van der Waals surface area contributed by atoms with Crippen LogP contribution in [-0.2, 0) is 32.0 Å². The van der Waals surface area contributed by atoms with Crippen LogP contribution in [0.1, 0.15) is 31.9 Å². The van der Waals surface area contributed by atoms with E-state index in [9.17, 15) is 18.8 Å². The Bertz CT molecular complexity index is 1250. The number of hydrogen-bond donors (Lipinski definition) is 3. The van der Waals surface area contributed by atoms with Gasteiger partial charge in [-0.3, -0.25) is 9.59 Å². The molecule has 0 unspecified atom stereocenters. The molecule has 38 heavy (non-hydrogen) atoms. The van der Waals surface area contributed by atoms with Gasteiger partial charge in [0, 0.05) is 20.1 Å². The fourth-order valence-electron chi connectivity index (χ4n) is 3.89. The zero-order valence-corrected chi connectivity index (χ0v) is 22.0. The molecule has 0 saturated carbocycles. The molecule has 0 aromatic heterocycles. The lowest BCUT2D eigenvalue weighted by Gasteiger charge is -2.25. The van der Waals surface area contributed by atoms with Crippen LogP contribution in [0, 0.1) is 5.82 Å². The lowest BCUT2D eigenvalue weighted by molar-refractivity contribution is -0.130. The van der Waals surface area contributed by atoms with Crippen LogP contribution in [0.15, 0.2) is 66.7 Å². The van der Waals surface area contributed by atoms with Crippen LogP contribution in [0.4, 0.5) is 9.18 Å². The third-order valence-electron chi connectivity index (χ3n) is 5.66. The van der Waals surface area contributed by atoms with Gasteiger partial charge in [0.15, 0.2) is 0 Å². The average molecular weight is 524 g/mol. The number of ether oxygens (including phenoxy) is 2. The second-order valence-electron chi connectivity index (χ2n) is 9.90. The summed E-state index contributed by atoms with van der Waals surface area (Å²) in [6.45, 7) is 5.23. The van der Waals surface area contributed by atoms with E-state index in [0.717, 1.165) is 16.3 Å². The van der Waals surface area contributed by atoms with Crippen molar-refractivity contribution in [3.05, 3.63) is 83.7 Å². The molecule has 0 aliphatic carbocycles. The van der Waals surface area contributed by atoms with Gasteiger partial charge in [0.05, 0.1) is 6.61 Å². The number of methoxy groups -OCH3 is 1. The molecule has 3 aromatic carbocycles. The number of benzene rings is 3. The molecule has 2 atom stereocenters. The topological polar surface area (TPSA) is 106 Å². The van der Waals surface area contributed by atoms with Gasteiger partial charge in [-0.05, 0) is 54.8 Å². The van der Waals surface area contributed by atoms with E-state index >= 15 is 0 Å². The predicted octanol–water partition coefficient (Wildman–Crippen LogP) is 3.86. The summed E-state index contributed by atoms with van der Waals surface area (Å²) in [5.41, 5.74) is 0.817. The van der Waals surface area contributed by atoms with Gasteiger partial charge in [0.1, 0.15) is 23.5 Å². The van der Waals surface area contributed by atoms with Crippen LogP contribution in [0.2, 0.25) is 0 Å². The van der Waals surface area contributed by atoms with Crippen LogP contribution >= 0.6 is 0 Å². The molecule has 3 aromatic rings. The highest BCUT2D eigenvalue weighted by molar-refractivity contribution is 5.92. The Morgan fingerprint density at radius 1 is 0.868 bits per heavy atom. The minimum absolute atomic E-state index is 0.111. The lowest BCUT2D eigenvalue weighted by Crippen LogP contribution is -2.56. The monoisotopic (exact) mass is 523 g/mol. The van der Waals surface area contributed by atoms with E-state index in [-0.39, 0.29) is 19.6 Å². The summed E-state index contributed by atoms with van der Waals surface area (Å²) >= 11 is 0. The molecule has 8 nitrogen and oxygen atoms in total. The number of nitrogens with one attached hydrogen (secondary N) is 3. The maximum absolute atomic E-state index is 13.4. The molecule has 9 heteroatoms. The highest BCUT2D eigenvalue weighted by atomic mass is 19.1. The Balaban J connectivity index is 1.76. The number of carbonyl (C=O) groups is 3. The van der Waals surface area contributed by atoms with Crippen molar-refractivity contribution in [2.24, 2.45) is 0 Å². The van der Waals surface area contributed by atoms with Crippen molar-refractivity contribution in [1.29, 1.82) is 0 Å². The van der Waals surface area contributed by atoms with Crippen molar-refractivity contribution in [3.8, 4) is 0 Å². The van der Waals surface area contributed by atoms with E-state index in [1.807, 2.05) is 42.5 Å². The highest BCUT2D eigenvalue weighted by Gasteiger charge is 2.28. The molecule has 0 radical (unpaired) electrons. The lowest BCUT2D eigenvalue weighted by atomic mass is 10.0. The molecule has 0 fully saturated rings. The van der Waals surface area contributed by atoms with Crippen molar-refractivity contribution in [3.63, 3.8) is 0 Å². The maximum atomic E-state index is 13.4. The summed E-state index contributed by atoms with van der Waals surface area (Å²) in [5.74, 6) is -1.45. The maximum Gasteiger partial charge on any atom is 0.408 e. The molecule has 0 heterocycles. The van der Waals surface area contributed by atoms with Crippen LogP contribution < -0.4 is 16.0 Å². The molecular formula is C29H34FN3O5. The summed E-state index contributed by atoms with van der Waals surface area (Å²) in [7, 11) is 1.39. The number of carbonyl (C=O) groups excluding carboxylic acids is 3. The predicted molar refractivity (Wildman–Crippen MR) is 143 cm³/mol. The average Bonchev–Trinajstić information content (AvgIpc) is 2.86. The Kier molecular flexibility index (Phi) is 9.78. The molecule has 3 rings (SSSR count). The van der Waals surface area contributed by atoms with Crippen LogP contribution in [0.25, 0.3) is 10.8 Å². The van der Waals surface area contributed by atoms with Crippen LogP contribution in [0.3, 0.4) is 0 Å². The van der Waals surface area contributed by atoms with E-state index in [1.165, 1.54) is 19.2 Å². The summed E-state index contributed by atoms with van der Waals surface area (Å²) < 4.78 is 23.8. The SMILES string of the molecule is COC[C@H](NC(=O)OC(C)(C)C)C(=O)N[C@@H](Cc1ccc(F)cc1)C(=O)NCc1cccc2ccccc12. The highest BCUT2D eigenvalue weighted by Crippen LogP contribution is 2.18. The van der Waals surface area contributed by atoms with Crippen molar-refractivity contribution >= 4 is 28.7 Å². The first-order valence-electron chi connectivity index (χ1n) is 12.3. The third kappa shape index (κ3) is 8.55. The van der Waals surface area contributed by atoms with Crippen molar-refractivity contribution in [2.45, 2.75) is 51.4 Å². The van der Waals surface area contributed by atoms with E-state index in [2.05, 4.69) is 16.0 Å². The first kappa shape index (κ1) is 28.6. The fraction of sp³-hybridized carbons (Fsp3) is 0.345.